The summed E-state index contributed by atoms with van der Waals surface area (Å²) in [5, 5.41) is 10.4. The minimum atomic E-state index is -3.48. The minimum Gasteiger partial charge on any atom is -0.355 e. The van der Waals surface area contributed by atoms with E-state index in [-0.39, 0.29) is 11.8 Å². The van der Waals surface area contributed by atoms with Gasteiger partial charge in [-0.1, -0.05) is 30.0 Å². The van der Waals surface area contributed by atoms with Crippen molar-refractivity contribution >= 4 is 27.7 Å². The summed E-state index contributed by atoms with van der Waals surface area (Å²) in [6.07, 6.45) is 1.07. The van der Waals surface area contributed by atoms with Crippen molar-refractivity contribution in [1.29, 1.82) is 0 Å². The van der Waals surface area contributed by atoms with Crippen LogP contribution >= 0.6 is 11.8 Å². The molecule has 1 aliphatic rings. The quantitative estimate of drug-likeness (QED) is 0.529. The molecular formula is C17H23N5O3S2. The van der Waals surface area contributed by atoms with Crippen LogP contribution in [0.2, 0.25) is 0 Å². The highest BCUT2D eigenvalue weighted by Gasteiger charge is 2.31. The summed E-state index contributed by atoms with van der Waals surface area (Å²) >= 11 is 1.48. The molecule has 1 saturated heterocycles. The van der Waals surface area contributed by atoms with Crippen molar-refractivity contribution in [3.05, 3.63) is 36.2 Å². The van der Waals surface area contributed by atoms with Gasteiger partial charge in [0.05, 0.1) is 4.90 Å². The first-order valence-electron chi connectivity index (χ1n) is 8.81. The Morgan fingerprint density at radius 3 is 2.63 bits per heavy atom. The molecule has 27 heavy (non-hydrogen) atoms. The van der Waals surface area contributed by atoms with E-state index in [2.05, 4.69) is 20.5 Å². The standard InChI is InChI=1S/C17H23N5O3S2/c1-13-19-17(21-20-13)26-12-9-18-16(23)14-7-10-22(11-8-14)27(24,25)15-5-3-2-4-6-15/h2-6,14H,7-12H2,1H3,(H,18,23)(H,19,20,21). The van der Waals surface area contributed by atoms with Gasteiger partial charge in [0.2, 0.25) is 21.1 Å². The number of aromatic nitrogens is 3. The molecule has 0 atom stereocenters. The van der Waals surface area contributed by atoms with Crippen molar-refractivity contribution in [2.75, 3.05) is 25.4 Å². The van der Waals surface area contributed by atoms with Gasteiger partial charge >= 0.3 is 0 Å². The zero-order chi connectivity index (χ0) is 19.3. The number of rotatable bonds is 7. The summed E-state index contributed by atoms with van der Waals surface area (Å²) in [5.74, 6) is 1.28. The van der Waals surface area contributed by atoms with Gasteiger partial charge in [0.15, 0.2) is 0 Å². The number of sulfonamides is 1. The maximum absolute atomic E-state index is 12.6. The SMILES string of the molecule is Cc1nc(SCCNC(=O)C2CCN(S(=O)(=O)c3ccccc3)CC2)n[nH]1. The lowest BCUT2D eigenvalue weighted by atomic mass is 9.97. The van der Waals surface area contributed by atoms with E-state index in [4.69, 9.17) is 0 Å². The number of benzene rings is 1. The van der Waals surface area contributed by atoms with Crippen molar-refractivity contribution < 1.29 is 13.2 Å². The van der Waals surface area contributed by atoms with Crippen molar-refractivity contribution in [1.82, 2.24) is 24.8 Å². The Kier molecular flexibility index (Phi) is 6.51. The van der Waals surface area contributed by atoms with Gasteiger partial charge in [-0.2, -0.15) is 4.31 Å². The molecule has 0 bridgehead atoms. The average Bonchev–Trinajstić information content (AvgIpc) is 3.11. The summed E-state index contributed by atoms with van der Waals surface area (Å²) in [4.78, 5) is 16.8. The number of thioether (sulfide) groups is 1. The Morgan fingerprint density at radius 1 is 1.30 bits per heavy atom. The number of carbonyl (C=O) groups is 1. The molecule has 1 amide bonds. The number of hydrogen-bond donors (Lipinski definition) is 2. The topological polar surface area (TPSA) is 108 Å². The normalized spacial score (nSPS) is 16.3. The molecule has 8 nitrogen and oxygen atoms in total. The van der Waals surface area contributed by atoms with Crippen LogP contribution in [0.3, 0.4) is 0 Å². The lowest BCUT2D eigenvalue weighted by molar-refractivity contribution is -0.125. The summed E-state index contributed by atoms with van der Waals surface area (Å²) in [6, 6.07) is 8.41. The molecule has 0 unspecified atom stereocenters. The Bertz CT molecular complexity index is 862. The van der Waals surface area contributed by atoms with Crippen LogP contribution in [-0.4, -0.2) is 59.2 Å². The van der Waals surface area contributed by atoms with Gasteiger partial charge in [0.25, 0.3) is 0 Å². The molecule has 2 heterocycles. The van der Waals surface area contributed by atoms with Crippen molar-refractivity contribution in [2.24, 2.45) is 5.92 Å². The second kappa shape index (κ2) is 8.85. The van der Waals surface area contributed by atoms with Gasteiger partial charge in [-0.25, -0.2) is 13.4 Å². The lowest BCUT2D eigenvalue weighted by Gasteiger charge is -2.30. The van der Waals surface area contributed by atoms with Crippen LogP contribution in [0.4, 0.5) is 0 Å². The average molecular weight is 410 g/mol. The number of piperidine rings is 1. The zero-order valence-corrected chi connectivity index (χ0v) is 16.7. The molecule has 0 radical (unpaired) electrons. The first-order valence-corrected chi connectivity index (χ1v) is 11.2. The van der Waals surface area contributed by atoms with Gasteiger partial charge < -0.3 is 5.32 Å². The number of aromatic amines is 1. The highest BCUT2D eigenvalue weighted by atomic mass is 32.2. The summed E-state index contributed by atoms with van der Waals surface area (Å²) in [6.45, 7) is 3.09. The van der Waals surface area contributed by atoms with E-state index >= 15 is 0 Å². The highest BCUT2D eigenvalue weighted by molar-refractivity contribution is 7.99. The molecule has 0 saturated carbocycles. The van der Waals surface area contributed by atoms with Crippen LogP contribution in [0.5, 0.6) is 0 Å². The largest absolute Gasteiger partial charge is 0.355 e. The second-order valence-electron chi connectivity index (χ2n) is 6.33. The Morgan fingerprint density at radius 2 is 2.00 bits per heavy atom. The van der Waals surface area contributed by atoms with E-state index in [0.717, 1.165) is 5.82 Å². The Balaban J connectivity index is 1.42. The monoisotopic (exact) mass is 409 g/mol. The number of amides is 1. The molecule has 2 N–H and O–H groups in total. The zero-order valence-electron chi connectivity index (χ0n) is 15.1. The van der Waals surface area contributed by atoms with Crippen LogP contribution in [0.25, 0.3) is 0 Å². The first-order chi connectivity index (χ1) is 13.0. The molecule has 1 aromatic heterocycles. The lowest BCUT2D eigenvalue weighted by Crippen LogP contribution is -2.43. The number of carbonyl (C=O) groups excluding carboxylic acids is 1. The van der Waals surface area contributed by atoms with Gasteiger partial charge in [0, 0.05) is 31.3 Å². The molecular weight excluding hydrogens is 386 g/mol. The molecule has 1 aromatic carbocycles. The summed E-state index contributed by atoms with van der Waals surface area (Å²) in [5.41, 5.74) is 0. The number of aryl methyl sites for hydroxylation is 1. The third kappa shape index (κ3) is 5.08. The number of hydrogen-bond acceptors (Lipinski definition) is 6. The second-order valence-corrected chi connectivity index (χ2v) is 9.33. The van der Waals surface area contributed by atoms with E-state index < -0.39 is 10.0 Å². The van der Waals surface area contributed by atoms with E-state index in [0.29, 0.717) is 48.3 Å². The minimum absolute atomic E-state index is 0.0153. The molecule has 0 spiro atoms. The van der Waals surface area contributed by atoms with Crippen molar-refractivity contribution in [3.8, 4) is 0 Å². The Hall–Kier alpha value is -1.91. The summed E-state index contributed by atoms with van der Waals surface area (Å²) < 4.78 is 26.7. The van der Waals surface area contributed by atoms with Crippen LogP contribution in [-0.2, 0) is 14.8 Å². The predicted molar refractivity (Wildman–Crippen MR) is 103 cm³/mol. The first kappa shape index (κ1) is 19.8. The molecule has 10 heteroatoms. The number of nitrogens with one attached hydrogen (secondary N) is 2. The third-order valence-corrected chi connectivity index (χ3v) is 7.18. The maximum Gasteiger partial charge on any atom is 0.243 e. The van der Waals surface area contributed by atoms with E-state index in [1.54, 1.807) is 30.3 Å². The smallest absolute Gasteiger partial charge is 0.243 e. The Labute approximate surface area is 163 Å². The van der Waals surface area contributed by atoms with E-state index in [1.807, 2.05) is 6.92 Å². The third-order valence-electron chi connectivity index (χ3n) is 4.41. The fourth-order valence-corrected chi connectivity index (χ4v) is 5.14. The molecule has 0 aliphatic carbocycles. The summed E-state index contributed by atoms with van der Waals surface area (Å²) in [7, 11) is -3.48. The fraction of sp³-hybridized carbons (Fsp3) is 0.471. The molecule has 1 fully saturated rings. The highest BCUT2D eigenvalue weighted by Crippen LogP contribution is 2.23. The molecule has 146 valence electrons. The van der Waals surface area contributed by atoms with Crippen molar-refractivity contribution in [2.45, 2.75) is 29.8 Å². The molecule has 3 rings (SSSR count). The van der Waals surface area contributed by atoms with E-state index in [9.17, 15) is 13.2 Å². The maximum atomic E-state index is 12.6. The number of nitrogens with zero attached hydrogens (tertiary/aromatic N) is 3. The molecule has 1 aliphatic heterocycles. The van der Waals surface area contributed by atoms with Crippen LogP contribution < -0.4 is 5.32 Å². The van der Waals surface area contributed by atoms with Crippen LogP contribution in [0, 0.1) is 12.8 Å². The van der Waals surface area contributed by atoms with Gasteiger partial charge in [-0.05, 0) is 31.9 Å². The van der Waals surface area contributed by atoms with Gasteiger partial charge in [-0.3, -0.25) is 9.89 Å². The van der Waals surface area contributed by atoms with Crippen molar-refractivity contribution in [3.63, 3.8) is 0 Å². The van der Waals surface area contributed by atoms with Crippen LogP contribution in [0.15, 0.2) is 40.4 Å². The van der Waals surface area contributed by atoms with Gasteiger partial charge in [0.1, 0.15) is 5.82 Å². The fourth-order valence-electron chi connectivity index (χ4n) is 2.95. The molecule has 2 aromatic rings. The predicted octanol–water partition coefficient (Wildman–Crippen LogP) is 1.42. The number of H-pyrrole nitrogens is 1. The van der Waals surface area contributed by atoms with Crippen LogP contribution in [0.1, 0.15) is 18.7 Å². The van der Waals surface area contributed by atoms with Gasteiger partial charge in [-0.15, -0.1) is 5.10 Å². The van der Waals surface area contributed by atoms with E-state index in [1.165, 1.54) is 16.1 Å².